The monoisotopic (exact) mass is 284 g/mol. The Morgan fingerprint density at radius 3 is 2.52 bits per heavy atom. The normalized spacial score (nSPS) is 24.9. The first kappa shape index (κ1) is 15.6. The predicted octanol–water partition coefficient (Wildman–Crippen LogP) is 4.49. The largest absolute Gasteiger partial charge is 0.481 e. The van der Waals surface area contributed by atoms with Crippen LogP contribution in [0.15, 0.2) is 30.3 Å². The second-order valence-corrected chi connectivity index (χ2v) is 6.16. The molecule has 0 heterocycles. The minimum atomic E-state index is -0.667. The Hall–Kier alpha value is -1.75. The van der Waals surface area contributed by atoms with Crippen LogP contribution in [-0.4, -0.2) is 11.1 Å². The van der Waals surface area contributed by atoms with Gasteiger partial charge in [0.25, 0.3) is 0 Å². The molecule has 0 radical (unpaired) electrons. The smallest absolute Gasteiger partial charge is 0.310 e. The van der Waals surface area contributed by atoms with Crippen molar-refractivity contribution in [2.24, 2.45) is 11.3 Å². The van der Waals surface area contributed by atoms with E-state index in [1.807, 2.05) is 30.3 Å². The summed E-state index contributed by atoms with van der Waals surface area (Å²) >= 11 is 0. The second-order valence-electron chi connectivity index (χ2n) is 6.16. The van der Waals surface area contributed by atoms with Gasteiger partial charge in [0.15, 0.2) is 0 Å². The summed E-state index contributed by atoms with van der Waals surface area (Å²) in [5, 5.41) is 9.63. The molecule has 0 bridgehead atoms. The molecule has 1 aromatic rings. The summed E-state index contributed by atoms with van der Waals surface area (Å²) in [4.78, 5) is 11.7. The first-order valence-corrected chi connectivity index (χ1v) is 7.93. The van der Waals surface area contributed by atoms with Crippen molar-refractivity contribution in [1.82, 2.24) is 0 Å². The van der Waals surface area contributed by atoms with Crippen molar-refractivity contribution in [2.75, 3.05) is 0 Å². The van der Waals surface area contributed by atoms with E-state index in [0.717, 1.165) is 31.2 Å². The van der Waals surface area contributed by atoms with Crippen molar-refractivity contribution in [3.63, 3.8) is 0 Å². The maximum atomic E-state index is 11.7. The summed E-state index contributed by atoms with van der Waals surface area (Å²) < 4.78 is 0. The van der Waals surface area contributed by atoms with E-state index < -0.39 is 11.4 Å². The highest BCUT2D eigenvalue weighted by Crippen LogP contribution is 2.43. The zero-order valence-electron chi connectivity index (χ0n) is 12.8. The van der Waals surface area contributed by atoms with E-state index in [-0.39, 0.29) is 0 Å². The number of hydrogen-bond acceptors (Lipinski definition) is 1. The van der Waals surface area contributed by atoms with Gasteiger partial charge in [0, 0.05) is 12.0 Å². The van der Waals surface area contributed by atoms with Crippen molar-refractivity contribution in [2.45, 2.75) is 51.9 Å². The Morgan fingerprint density at radius 2 is 1.95 bits per heavy atom. The Balaban J connectivity index is 2.01. The quantitative estimate of drug-likeness (QED) is 0.827. The number of carbonyl (C=O) groups is 1. The van der Waals surface area contributed by atoms with E-state index in [0.29, 0.717) is 12.3 Å². The lowest BCUT2D eigenvalue weighted by atomic mass is 9.68. The van der Waals surface area contributed by atoms with Crippen molar-refractivity contribution in [1.29, 1.82) is 0 Å². The molecule has 0 saturated heterocycles. The van der Waals surface area contributed by atoms with Crippen LogP contribution in [0.4, 0.5) is 0 Å². The Morgan fingerprint density at radius 1 is 1.29 bits per heavy atom. The highest BCUT2D eigenvalue weighted by Gasteiger charge is 2.41. The van der Waals surface area contributed by atoms with Crippen molar-refractivity contribution < 1.29 is 9.90 Å². The van der Waals surface area contributed by atoms with Crippen LogP contribution in [0.3, 0.4) is 0 Å². The summed E-state index contributed by atoms with van der Waals surface area (Å²) in [6, 6.07) is 9.77. The van der Waals surface area contributed by atoms with E-state index in [9.17, 15) is 9.90 Å². The number of carboxylic acids is 1. The standard InChI is InChI=1S/C19H24O2/c1-2-7-16-11-14-19(15-12-16,18(20)21)13-6-10-17-8-4-3-5-9-17/h3-5,8-9,16H,2,7,11-15H2,1H3,(H,20,21). The van der Waals surface area contributed by atoms with Crippen LogP contribution in [0.2, 0.25) is 0 Å². The average molecular weight is 284 g/mol. The minimum absolute atomic E-state index is 0.468. The second kappa shape index (κ2) is 7.31. The third kappa shape index (κ3) is 4.11. The summed E-state index contributed by atoms with van der Waals surface area (Å²) in [6.07, 6.45) is 6.51. The first-order valence-electron chi connectivity index (χ1n) is 7.93. The third-order valence-corrected chi connectivity index (χ3v) is 4.65. The zero-order valence-corrected chi connectivity index (χ0v) is 12.8. The molecule has 1 aliphatic carbocycles. The molecule has 0 spiro atoms. The fourth-order valence-electron chi connectivity index (χ4n) is 3.23. The van der Waals surface area contributed by atoms with Crippen LogP contribution in [0, 0.1) is 23.2 Å². The Kier molecular flexibility index (Phi) is 5.44. The van der Waals surface area contributed by atoms with Crippen LogP contribution >= 0.6 is 0 Å². The lowest BCUT2D eigenvalue weighted by molar-refractivity contribution is -0.151. The predicted molar refractivity (Wildman–Crippen MR) is 84.9 cm³/mol. The van der Waals surface area contributed by atoms with Crippen molar-refractivity contribution in [3.8, 4) is 11.8 Å². The van der Waals surface area contributed by atoms with Crippen LogP contribution in [0.5, 0.6) is 0 Å². The van der Waals surface area contributed by atoms with Crippen molar-refractivity contribution in [3.05, 3.63) is 35.9 Å². The molecule has 0 aromatic heterocycles. The van der Waals surface area contributed by atoms with Gasteiger partial charge in [-0.15, -0.1) is 0 Å². The summed E-state index contributed by atoms with van der Waals surface area (Å²) in [7, 11) is 0. The van der Waals surface area contributed by atoms with E-state index in [1.165, 1.54) is 12.8 Å². The molecule has 0 unspecified atom stereocenters. The molecular weight excluding hydrogens is 260 g/mol. The molecule has 1 aromatic carbocycles. The number of carboxylic acid groups (broad SMARTS) is 1. The summed E-state index contributed by atoms with van der Waals surface area (Å²) in [5.74, 6) is 6.25. The van der Waals surface area contributed by atoms with Gasteiger partial charge in [-0.3, -0.25) is 4.79 Å². The average Bonchev–Trinajstić information content (AvgIpc) is 2.50. The third-order valence-electron chi connectivity index (χ3n) is 4.65. The van der Waals surface area contributed by atoms with Gasteiger partial charge in [0.05, 0.1) is 5.41 Å². The summed E-state index contributed by atoms with van der Waals surface area (Å²) in [6.45, 7) is 2.20. The van der Waals surface area contributed by atoms with Gasteiger partial charge in [0.1, 0.15) is 0 Å². The number of hydrogen-bond donors (Lipinski definition) is 1. The van der Waals surface area contributed by atoms with Gasteiger partial charge >= 0.3 is 5.97 Å². The molecular formula is C19H24O2. The van der Waals surface area contributed by atoms with Gasteiger partial charge in [-0.05, 0) is 43.7 Å². The highest BCUT2D eigenvalue weighted by molar-refractivity contribution is 5.75. The van der Waals surface area contributed by atoms with Gasteiger partial charge < -0.3 is 5.11 Å². The molecule has 0 amide bonds. The van der Waals surface area contributed by atoms with Gasteiger partial charge in [-0.25, -0.2) is 0 Å². The van der Waals surface area contributed by atoms with E-state index in [1.54, 1.807) is 0 Å². The molecule has 1 aliphatic rings. The minimum Gasteiger partial charge on any atom is -0.481 e. The van der Waals surface area contributed by atoms with Crippen molar-refractivity contribution >= 4 is 5.97 Å². The van der Waals surface area contributed by atoms with Crippen LogP contribution in [0.25, 0.3) is 0 Å². The molecule has 0 aliphatic heterocycles. The molecule has 2 rings (SSSR count). The maximum absolute atomic E-state index is 11.7. The van der Waals surface area contributed by atoms with E-state index in [4.69, 9.17) is 0 Å². The number of aliphatic carboxylic acids is 1. The number of benzene rings is 1. The van der Waals surface area contributed by atoms with E-state index >= 15 is 0 Å². The van der Waals surface area contributed by atoms with Gasteiger partial charge in [-0.1, -0.05) is 49.8 Å². The molecule has 2 nitrogen and oxygen atoms in total. The fraction of sp³-hybridized carbons (Fsp3) is 0.526. The van der Waals surface area contributed by atoms with Gasteiger partial charge in [0.2, 0.25) is 0 Å². The maximum Gasteiger partial charge on any atom is 0.310 e. The van der Waals surface area contributed by atoms with E-state index in [2.05, 4.69) is 18.8 Å². The molecule has 21 heavy (non-hydrogen) atoms. The lowest BCUT2D eigenvalue weighted by Crippen LogP contribution is -2.35. The molecule has 1 fully saturated rings. The Bertz CT molecular complexity index is 513. The van der Waals surface area contributed by atoms with Crippen LogP contribution in [-0.2, 0) is 4.79 Å². The number of rotatable bonds is 4. The molecule has 2 heteroatoms. The molecule has 0 atom stereocenters. The summed E-state index contributed by atoms with van der Waals surface area (Å²) in [5.41, 5.74) is 0.337. The Labute approximate surface area is 127 Å². The lowest BCUT2D eigenvalue weighted by Gasteiger charge is -2.35. The SMILES string of the molecule is CCCC1CCC(CC#Cc2ccccc2)(C(=O)O)CC1. The van der Waals surface area contributed by atoms with Gasteiger partial charge in [-0.2, -0.15) is 0 Å². The topological polar surface area (TPSA) is 37.3 Å². The highest BCUT2D eigenvalue weighted by atomic mass is 16.4. The molecule has 1 saturated carbocycles. The van der Waals surface area contributed by atoms with Crippen LogP contribution in [0.1, 0.15) is 57.4 Å². The molecule has 1 N–H and O–H groups in total. The first-order chi connectivity index (χ1) is 10.2. The fourth-order valence-corrected chi connectivity index (χ4v) is 3.23. The van der Waals surface area contributed by atoms with Crippen LogP contribution < -0.4 is 0 Å². The molecule has 112 valence electrons. The zero-order chi connectivity index (χ0) is 15.1.